The van der Waals surface area contributed by atoms with E-state index in [0.717, 1.165) is 5.56 Å². The lowest BCUT2D eigenvalue weighted by atomic mass is 10.2. The van der Waals surface area contributed by atoms with E-state index in [2.05, 4.69) is 24.0 Å². The number of alkyl halides is 3. The maximum absolute atomic E-state index is 13.1. The summed E-state index contributed by atoms with van der Waals surface area (Å²) in [5.41, 5.74) is 2.04. The summed E-state index contributed by atoms with van der Waals surface area (Å²) in [4.78, 5) is 20.3. The Hall–Kier alpha value is -3.18. The van der Waals surface area contributed by atoms with Gasteiger partial charge in [-0.2, -0.15) is 18.1 Å². The van der Waals surface area contributed by atoms with E-state index in [0.29, 0.717) is 16.9 Å². The predicted molar refractivity (Wildman–Crippen MR) is 114 cm³/mol. The minimum Gasteiger partial charge on any atom is -0.331 e. The van der Waals surface area contributed by atoms with Gasteiger partial charge in [-0.3, -0.25) is 4.79 Å². The Kier molecular flexibility index (Phi) is 5.78. The zero-order valence-corrected chi connectivity index (χ0v) is 18.2. The average Bonchev–Trinajstić information content (AvgIpc) is 3.33. The number of pyridine rings is 1. The maximum atomic E-state index is 13.1. The number of hydrogen-bond acceptors (Lipinski definition) is 6. The number of fused-ring (bicyclic) bond motifs is 1. The summed E-state index contributed by atoms with van der Waals surface area (Å²) in [6, 6.07) is 12.3. The van der Waals surface area contributed by atoms with Crippen LogP contribution < -0.4 is 0 Å². The molecule has 1 amide bonds. The molecule has 0 bridgehead atoms. The van der Waals surface area contributed by atoms with E-state index in [1.807, 2.05) is 30.3 Å². The zero-order chi connectivity index (χ0) is 22.9. The van der Waals surface area contributed by atoms with Gasteiger partial charge in [0.15, 0.2) is 0 Å². The third-order valence-electron chi connectivity index (χ3n) is 4.34. The monoisotopic (exact) mass is 479 g/mol. The Morgan fingerprint density at radius 3 is 2.69 bits per heavy atom. The SMILES string of the molecule is CS(=O)(Cc1ccccc1)=NC(=O)Cc1cn2ccc(-c3noc(C(F)(F)Cl)n3)cc2n1. The first-order valence-electron chi connectivity index (χ1n) is 9.24. The van der Waals surface area contributed by atoms with E-state index in [4.69, 9.17) is 11.6 Å². The molecule has 3 heterocycles. The van der Waals surface area contributed by atoms with Crippen molar-refractivity contribution in [1.29, 1.82) is 0 Å². The van der Waals surface area contributed by atoms with Crippen LogP contribution >= 0.6 is 11.6 Å². The summed E-state index contributed by atoms with van der Waals surface area (Å²) in [6.45, 7) is 0. The number of nitrogens with zero attached hydrogens (tertiary/aromatic N) is 5. The zero-order valence-electron chi connectivity index (χ0n) is 16.6. The summed E-state index contributed by atoms with van der Waals surface area (Å²) < 4.78 is 48.9. The molecule has 12 heteroatoms. The molecular formula is C20H16ClF2N5O3S. The van der Waals surface area contributed by atoms with Gasteiger partial charge >= 0.3 is 11.3 Å². The summed E-state index contributed by atoms with van der Waals surface area (Å²) in [7, 11) is -2.74. The second-order valence-electron chi connectivity index (χ2n) is 7.09. The molecular weight excluding hydrogens is 464 g/mol. The lowest BCUT2D eigenvalue weighted by Crippen LogP contribution is -2.07. The molecule has 0 aliphatic rings. The minimum absolute atomic E-state index is 0.0786. The third kappa shape index (κ3) is 5.17. The molecule has 4 rings (SSSR count). The van der Waals surface area contributed by atoms with E-state index in [1.165, 1.54) is 6.26 Å². The number of aromatic nitrogens is 4. The Morgan fingerprint density at radius 1 is 1.25 bits per heavy atom. The van der Waals surface area contributed by atoms with Gasteiger partial charge in [0.05, 0.1) is 27.6 Å². The van der Waals surface area contributed by atoms with Crippen LogP contribution in [-0.4, -0.2) is 35.9 Å². The Bertz CT molecular complexity index is 1410. The van der Waals surface area contributed by atoms with Gasteiger partial charge in [0.2, 0.25) is 5.82 Å². The molecule has 3 aromatic heterocycles. The van der Waals surface area contributed by atoms with Gasteiger partial charge in [-0.1, -0.05) is 35.5 Å². The molecule has 4 aromatic rings. The van der Waals surface area contributed by atoms with Crippen LogP contribution in [0.1, 0.15) is 17.1 Å². The molecule has 0 spiro atoms. The largest absolute Gasteiger partial charge is 0.400 e. The van der Waals surface area contributed by atoms with Crippen molar-refractivity contribution in [3.8, 4) is 11.4 Å². The molecule has 1 atom stereocenters. The fourth-order valence-corrected chi connectivity index (χ4v) is 4.48. The van der Waals surface area contributed by atoms with Crippen molar-refractivity contribution >= 4 is 32.9 Å². The van der Waals surface area contributed by atoms with Crippen molar-refractivity contribution in [2.45, 2.75) is 17.6 Å². The van der Waals surface area contributed by atoms with Crippen molar-refractivity contribution < 1.29 is 22.3 Å². The number of hydrogen-bond donors (Lipinski definition) is 0. The minimum atomic E-state index is -3.77. The lowest BCUT2D eigenvalue weighted by Gasteiger charge is -2.03. The second kappa shape index (κ2) is 8.40. The van der Waals surface area contributed by atoms with E-state index < -0.39 is 26.9 Å². The Labute approximate surface area is 186 Å². The molecule has 0 N–H and O–H groups in total. The number of imidazole rings is 1. The lowest BCUT2D eigenvalue weighted by molar-refractivity contribution is -0.117. The summed E-state index contributed by atoms with van der Waals surface area (Å²) in [5.74, 6) is -1.47. The van der Waals surface area contributed by atoms with Gasteiger partial charge in [-0.05, 0) is 29.3 Å². The topological polar surface area (TPSA) is 103 Å². The number of carbonyl (C=O) groups excluding carboxylic acids is 1. The normalized spacial score (nSPS) is 13.8. The molecule has 0 fully saturated rings. The molecule has 0 saturated heterocycles. The first-order chi connectivity index (χ1) is 15.1. The van der Waals surface area contributed by atoms with Crippen LogP contribution in [0.4, 0.5) is 8.78 Å². The number of amides is 1. The Morgan fingerprint density at radius 2 is 2.00 bits per heavy atom. The molecule has 0 aliphatic heterocycles. The van der Waals surface area contributed by atoms with Crippen LogP contribution in [0, 0.1) is 0 Å². The fraction of sp³-hybridized carbons (Fsp3) is 0.200. The van der Waals surface area contributed by atoms with Crippen LogP contribution in [0.5, 0.6) is 0 Å². The van der Waals surface area contributed by atoms with E-state index in [-0.39, 0.29) is 18.0 Å². The van der Waals surface area contributed by atoms with Crippen LogP contribution in [0.25, 0.3) is 17.0 Å². The maximum Gasteiger partial charge on any atom is 0.400 e. The van der Waals surface area contributed by atoms with Crippen molar-refractivity contribution in [1.82, 2.24) is 19.5 Å². The quantitative estimate of drug-likeness (QED) is 0.387. The molecule has 32 heavy (non-hydrogen) atoms. The van der Waals surface area contributed by atoms with Gasteiger partial charge < -0.3 is 8.92 Å². The highest BCUT2D eigenvalue weighted by Gasteiger charge is 2.35. The summed E-state index contributed by atoms with van der Waals surface area (Å²) >= 11 is 4.89. The first-order valence-corrected chi connectivity index (χ1v) is 11.7. The highest BCUT2D eigenvalue weighted by Crippen LogP contribution is 2.32. The van der Waals surface area contributed by atoms with Crippen molar-refractivity contribution in [2.24, 2.45) is 4.36 Å². The number of rotatable bonds is 6. The average molecular weight is 480 g/mol. The summed E-state index contributed by atoms with van der Waals surface area (Å²) in [5, 5.41) is -0.265. The van der Waals surface area contributed by atoms with Crippen LogP contribution in [-0.2, 0) is 32.1 Å². The van der Waals surface area contributed by atoms with Gasteiger partial charge in [0.25, 0.3) is 5.91 Å². The molecule has 8 nitrogen and oxygen atoms in total. The molecule has 0 aliphatic carbocycles. The summed E-state index contributed by atoms with van der Waals surface area (Å²) in [6.07, 6.45) is 4.53. The Balaban J connectivity index is 1.52. The van der Waals surface area contributed by atoms with Gasteiger partial charge in [0.1, 0.15) is 5.65 Å². The fourth-order valence-electron chi connectivity index (χ4n) is 3.03. The smallest absolute Gasteiger partial charge is 0.331 e. The van der Waals surface area contributed by atoms with Gasteiger partial charge in [-0.25, -0.2) is 9.19 Å². The van der Waals surface area contributed by atoms with Gasteiger partial charge in [0, 0.05) is 24.2 Å². The number of benzene rings is 1. The van der Waals surface area contributed by atoms with Crippen LogP contribution in [0.2, 0.25) is 0 Å². The highest BCUT2D eigenvalue weighted by molar-refractivity contribution is 7.92. The van der Waals surface area contributed by atoms with E-state index >= 15 is 0 Å². The molecule has 166 valence electrons. The molecule has 0 radical (unpaired) electrons. The van der Waals surface area contributed by atoms with Crippen molar-refractivity contribution in [3.63, 3.8) is 0 Å². The second-order valence-corrected chi connectivity index (χ2v) is 9.95. The van der Waals surface area contributed by atoms with Crippen LogP contribution in [0.3, 0.4) is 0 Å². The standard InChI is InChI=1S/C20H16ClF2N5O3S/c1-32(30,12-13-5-3-2-4-6-13)27-17(29)10-15-11-28-8-7-14(9-16(28)24-15)18-25-19(31-26-18)20(21,22)23/h2-9,11H,10,12H2,1H3. The van der Waals surface area contributed by atoms with Crippen molar-refractivity contribution in [3.05, 3.63) is 72.0 Å². The number of carbonyl (C=O) groups is 1. The predicted octanol–water partition coefficient (Wildman–Crippen LogP) is 4.04. The van der Waals surface area contributed by atoms with E-state index in [9.17, 15) is 17.8 Å². The third-order valence-corrected chi connectivity index (χ3v) is 5.96. The van der Waals surface area contributed by atoms with Crippen molar-refractivity contribution in [2.75, 3.05) is 6.26 Å². The van der Waals surface area contributed by atoms with E-state index in [1.54, 1.807) is 28.9 Å². The van der Waals surface area contributed by atoms with Gasteiger partial charge in [-0.15, -0.1) is 0 Å². The first kappa shape index (κ1) is 22.0. The number of halogens is 3. The molecule has 1 aromatic carbocycles. The molecule has 1 unspecified atom stereocenters. The van der Waals surface area contributed by atoms with Crippen LogP contribution in [0.15, 0.2) is 63.7 Å². The molecule has 0 saturated carbocycles. The highest BCUT2D eigenvalue weighted by atomic mass is 35.5.